The van der Waals surface area contributed by atoms with E-state index in [1.54, 1.807) is 4.68 Å². The van der Waals surface area contributed by atoms with Gasteiger partial charge in [-0.3, -0.25) is 4.68 Å². The number of nitrogens with zero attached hydrogens (tertiary/aromatic N) is 3. The summed E-state index contributed by atoms with van der Waals surface area (Å²) in [6.45, 7) is 6.82. The highest BCUT2D eigenvalue weighted by Gasteiger charge is 2.42. The minimum Gasteiger partial charge on any atom is -0.251 e. The first-order chi connectivity index (χ1) is 9.70. The Kier molecular flexibility index (Phi) is 4.47. The van der Waals surface area contributed by atoms with Crippen LogP contribution in [0.25, 0.3) is 0 Å². The van der Waals surface area contributed by atoms with Gasteiger partial charge in [0.05, 0.1) is 17.0 Å². The summed E-state index contributed by atoms with van der Waals surface area (Å²) in [6, 6.07) is 0. The van der Waals surface area contributed by atoms with E-state index in [0.717, 1.165) is 44.2 Å². The largest absolute Gasteiger partial charge is 0.251 e. The molecule has 0 spiro atoms. The summed E-state index contributed by atoms with van der Waals surface area (Å²) in [4.78, 5) is 0. The van der Waals surface area contributed by atoms with E-state index < -0.39 is 14.6 Å². The second-order valence-corrected chi connectivity index (χ2v) is 9.46. The summed E-state index contributed by atoms with van der Waals surface area (Å²) < 4.78 is 25.7. The zero-order chi connectivity index (χ0) is 15.7. The molecule has 6 heteroatoms. The summed E-state index contributed by atoms with van der Waals surface area (Å²) in [6.07, 6.45) is 8.82. The van der Waals surface area contributed by atoms with Crippen molar-refractivity contribution < 1.29 is 8.42 Å². The molecule has 0 saturated heterocycles. The van der Waals surface area contributed by atoms with Crippen LogP contribution in [0.15, 0.2) is 6.20 Å². The monoisotopic (exact) mass is 313 g/mol. The first-order valence-electron chi connectivity index (χ1n) is 7.80. The number of hydrogen-bond acceptors (Lipinski definition) is 4. The van der Waals surface area contributed by atoms with Gasteiger partial charge in [-0.1, -0.05) is 45.2 Å². The van der Waals surface area contributed by atoms with Crippen LogP contribution in [0.3, 0.4) is 0 Å². The fourth-order valence-corrected chi connectivity index (χ4v) is 4.40. The molecular formula is C15H27N3O2S. The van der Waals surface area contributed by atoms with Crippen molar-refractivity contribution in [3.8, 4) is 0 Å². The molecule has 1 aromatic rings. The molecule has 0 N–H and O–H groups in total. The summed E-state index contributed by atoms with van der Waals surface area (Å²) in [5.74, 6) is 0. The highest BCUT2D eigenvalue weighted by atomic mass is 32.2. The maximum atomic E-state index is 12.3. The predicted octanol–water partition coefficient (Wildman–Crippen LogP) is 2.71. The topological polar surface area (TPSA) is 64.8 Å². The zero-order valence-corrected chi connectivity index (χ0v) is 14.4. The number of hydrogen-bond donors (Lipinski definition) is 0. The molecule has 0 atom stereocenters. The first kappa shape index (κ1) is 16.5. The highest BCUT2D eigenvalue weighted by Crippen LogP contribution is 2.36. The number of sulfone groups is 1. The maximum absolute atomic E-state index is 12.3. The molecule has 0 unspecified atom stereocenters. The minimum absolute atomic E-state index is 0.0247. The van der Waals surface area contributed by atoms with E-state index in [2.05, 4.69) is 31.1 Å². The molecule has 1 heterocycles. The summed E-state index contributed by atoms with van der Waals surface area (Å²) in [5, 5.41) is 8.44. The smallest absolute Gasteiger partial charge is 0.154 e. The van der Waals surface area contributed by atoms with E-state index in [0.29, 0.717) is 6.54 Å². The van der Waals surface area contributed by atoms with Crippen LogP contribution in [0.1, 0.15) is 65.0 Å². The van der Waals surface area contributed by atoms with Crippen LogP contribution in [0.2, 0.25) is 0 Å². The van der Waals surface area contributed by atoms with Crippen molar-refractivity contribution in [1.29, 1.82) is 0 Å². The molecule has 2 rings (SSSR count). The van der Waals surface area contributed by atoms with Crippen molar-refractivity contribution in [1.82, 2.24) is 15.0 Å². The van der Waals surface area contributed by atoms with E-state index in [4.69, 9.17) is 0 Å². The molecule has 1 aliphatic rings. The van der Waals surface area contributed by atoms with Crippen LogP contribution < -0.4 is 0 Å². The number of aromatic nitrogens is 3. The van der Waals surface area contributed by atoms with Gasteiger partial charge in [0.2, 0.25) is 0 Å². The highest BCUT2D eigenvalue weighted by molar-refractivity contribution is 7.92. The average Bonchev–Trinajstić information content (AvgIpc) is 2.88. The Morgan fingerprint density at radius 3 is 2.43 bits per heavy atom. The Balaban J connectivity index is 2.26. The predicted molar refractivity (Wildman–Crippen MR) is 84.0 cm³/mol. The maximum Gasteiger partial charge on any atom is 0.154 e. The quantitative estimate of drug-likeness (QED) is 0.838. The van der Waals surface area contributed by atoms with Crippen molar-refractivity contribution >= 4 is 9.84 Å². The molecule has 1 saturated carbocycles. The standard InChI is InChI=1S/C15H27N3O2S/c1-5-14(2,3)13-11-18(17-16-13)12-15(21(4,19)20)9-7-6-8-10-15/h11H,5-10,12H2,1-4H3. The van der Waals surface area contributed by atoms with E-state index in [9.17, 15) is 8.42 Å². The van der Waals surface area contributed by atoms with Gasteiger partial charge >= 0.3 is 0 Å². The van der Waals surface area contributed by atoms with Crippen LogP contribution in [0.5, 0.6) is 0 Å². The van der Waals surface area contributed by atoms with Gasteiger partial charge in [0.25, 0.3) is 0 Å². The lowest BCUT2D eigenvalue weighted by atomic mass is 9.87. The third-order valence-corrected chi connectivity index (χ3v) is 7.23. The Morgan fingerprint density at radius 2 is 1.90 bits per heavy atom. The van der Waals surface area contributed by atoms with Gasteiger partial charge in [-0.15, -0.1) is 5.10 Å². The molecule has 21 heavy (non-hydrogen) atoms. The molecular weight excluding hydrogens is 286 g/mol. The lowest BCUT2D eigenvalue weighted by Crippen LogP contribution is -2.44. The van der Waals surface area contributed by atoms with Gasteiger partial charge in [0.15, 0.2) is 9.84 Å². The van der Waals surface area contributed by atoms with Gasteiger partial charge < -0.3 is 0 Å². The third-order valence-electron chi connectivity index (χ3n) is 5.12. The zero-order valence-electron chi connectivity index (χ0n) is 13.6. The van der Waals surface area contributed by atoms with E-state index in [1.807, 2.05) is 6.20 Å². The second kappa shape index (κ2) is 5.71. The van der Waals surface area contributed by atoms with Crippen molar-refractivity contribution in [3.05, 3.63) is 11.9 Å². The van der Waals surface area contributed by atoms with E-state index in [-0.39, 0.29) is 5.41 Å². The van der Waals surface area contributed by atoms with Crippen LogP contribution in [-0.4, -0.2) is 34.4 Å². The SMILES string of the molecule is CCC(C)(C)c1cn(CC2(S(C)(=O)=O)CCCCC2)nn1. The molecule has 0 radical (unpaired) electrons. The van der Waals surface area contributed by atoms with E-state index >= 15 is 0 Å². The summed E-state index contributed by atoms with van der Waals surface area (Å²) in [7, 11) is -3.11. The molecule has 1 fully saturated rings. The molecule has 120 valence electrons. The van der Waals surface area contributed by atoms with Gasteiger partial charge in [-0.05, 0) is 19.3 Å². The van der Waals surface area contributed by atoms with Crippen LogP contribution in [-0.2, 0) is 21.8 Å². The first-order valence-corrected chi connectivity index (χ1v) is 9.70. The summed E-state index contributed by atoms with van der Waals surface area (Å²) in [5.41, 5.74) is 0.910. The molecule has 1 aromatic heterocycles. The molecule has 5 nitrogen and oxygen atoms in total. The summed E-state index contributed by atoms with van der Waals surface area (Å²) >= 11 is 0. The number of rotatable bonds is 5. The normalized spacial score (nSPS) is 19.6. The van der Waals surface area contributed by atoms with Crippen molar-refractivity contribution in [2.75, 3.05) is 6.26 Å². The fraction of sp³-hybridized carbons (Fsp3) is 0.867. The second-order valence-electron chi connectivity index (χ2n) is 7.05. The van der Waals surface area contributed by atoms with Crippen LogP contribution in [0.4, 0.5) is 0 Å². The third kappa shape index (κ3) is 3.30. The Morgan fingerprint density at radius 1 is 1.29 bits per heavy atom. The lowest BCUT2D eigenvalue weighted by Gasteiger charge is -2.35. The Hall–Kier alpha value is -0.910. The van der Waals surface area contributed by atoms with Crippen molar-refractivity contribution in [2.24, 2.45) is 0 Å². The Bertz CT molecular complexity index is 584. The van der Waals surface area contributed by atoms with Gasteiger partial charge in [0, 0.05) is 17.9 Å². The fourth-order valence-electron chi connectivity index (χ4n) is 3.00. The Labute approximate surface area is 128 Å². The van der Waals surface area contributed by atoms with Gasteiger partial charge in [-0.25, -0.2) is 8.42 Å². The lowest BCUT2D eigenvalue weighted by molar-refractivity contribution is 0.324. The van der Waals surface area contributed by atoms with Crippen molar-refractivity contribution in [2.45, 2.75) is 76.0 Å². The van der Waals surface area contributed by atoms with Gasteiger partial charge in [-0.2, -0.15) is 0 Å². The molecule has 0 bridgehead atoms. The molecule has 0 amide bonds. The van der Waals surface area contributed by atoms with Gasteiger partial charge in [0.1, 0.15) is 0 Å². The minimum atomic E-state index is -3.11. The molecule has 0 aliphatic heterocycles. The average molecular weight is 313 g/mol. The van der Waals surface area contributed by atoms with Crippen LogP contribution in [0, 0.1) is 0 Å². The van der Waals surface area contributed by atoms with E-state index in [1.165, 1.54) is 6.26 Å². The van der Waals surface area contributed by atoms with Crippen LogP contribution >= 0.6 is 0 Å². The molecule has 0 aromatic carbocycles. The van der Waals surface area contributed by atoms with Crippen molar-refractivity contribution in [3.63, 3.8) is 0 Å². The molecule has 1 aliphatic carbocycles.